The van der Waals surface area contributed by atoms with Gasteiger partial charge in [-0.1, -0.05) is 35.9 Å². The molecule has 0 spiro atoms. The van der Waals surface area contributed by atoms with E-state index >= 15 is 0 Å². The summed E-state index contributed by atoms with van der Waals surface area (Å²) in [5.74, 6) is 0.112. The summed E-state index contributed by atoms with van der Waals surface area (Å²) in [6, 6.07) is 13.7. The minimum Gasteiger partial charge on any atom is -0.494 e. The number of hydrogen-bond acceptors (Lipinski definition) is 6. The molecule has 0 aliphatic rings. The monoisotopic (exact) mass is 416 g/mol. The SMILES string of the molecule is O=c1c2ccccc2c(C=Nc2ncnc3nc[nH]c23)c(O)n1-c1cccc(Cl)c1. The van der Waals surface area contributed by atoms with Gasteiger partial charge in [0.25, 0.3) is 5.56 Å². The van der Waals surface area contributed by atoms with E-state index in [1.54, 1.807) is 48.5 Å². The predicted octanol–water partition coefficient (Wildman–Crippen LogP) is 3.77. The average molecular weight is 417 g/mol. The zero-order valence-corrected chi connectivity index (χ0v) is 16.1. The molecule has 146 valence electrons. The highest BCUT2D eigenvalue weighted by atomic mass is 35.5. The molecular weight excluding hydrogens is 404 g/mol. The zero-order chi connectivity index (χ0) is 20.7. The highest BCUT2D eigenvalue weighted by Crippen LogP contribution is 2.28. The van der Waals surface area contributed by atoms with Crippen LogP contribution in [0.3, 0.4) is 0 Å². The van der Waals surface area contributed by atoms with Gasteiger partial charge in [-0.05, 0) is 24.3 Å². The Balaban J connectivity index is 1.77. The topological polar surface area (TPSA) is 109 Å². The number of aromatic nitrogens is 5. The smallest absolute Gasteiger partial charge is 0.265 e. The first-order valence-electron chi connectivity index (χ1n) is 8.94. The molecule has 8 nitrogen and oxygen atoms in total. The summed E-state index contributed by atoms with van der Waals surface area (Å²) >= 11 is 6.10. The van der Waals surface area contributed by atoms with Crippen molar-refractivity contribution in [3.63, 3.8) is 0 Å². The van der Waals surface area contributed by atoms with Gasteiger partial charge in [0.2, 0.25) is 5.88 Å². The van der Waals surface area contributed by atoms with Crippen molar-refractivity contribution < 1.29 is 5.11 Å². The normalized spacial score (nSPS) is 11.6. The summed E-state index contributed by atoms with van der Waals surface area (Å²) in [4.78, 5) is 32.8. The first-order chi connectivity index (χ1) is 14.6. The molecule has 0 saturated heterocycles. The Morgan fingerprint density at radius 3 is 2.73 bits per heavy atom. The van der Waals surface area contributed by atoms with Crippen molar-refractivity contribution in [2.75, 3.05) is 0 Å². The van der Waals surface area contributed by atoms with Crippen molar-refractivity contribution in [2.24, 2.45) is 4.99 Å². The molecule has 0 radical (unpaired) electrons. The van der Waals surface area contributed by atoms with E-state index in [1.165, 1.54) is 23.4 Å². The Morgan fingerprint density at radius 1 is 1.07 bits per heavy atom. The van der Waals surface area contributed by atoms with E-state index in [0.29, 0.717) is 44.0 Å². The third kappa shape index (κ3) is 2.90. The number of hydrogen-bond donors (Lipinski definition) is 2. The van der Waals surface area contributed by atoms with Crippen molar-refractivity contribution in [3.05, 3.63) is 82.1 Å². The Morgan fingerprint density at radius 2 is 1.90 bits per heavy atom. The van der Waals surface area contributed by atoms with Crippen LogP contribution in [0, 0.1) is 0 Å². The predicted molar refractivity (Wildman–Crippen MR) is 115 cm³/mol. The number of imidazole rings is 1. The van der Waals surface area contributed by atoms with E-state index in [4.69, 9.17) is 11.6 Å². The van der Waals surface area contributed by atoms with E-state index < -0.39 is 0 Å². The lowest BCUT2D eigenvalue weighted by atomic mass is 10.1. The number of aliphatic imine (C=N–C) groups is 1. The van der Waals surface area contributed by atoms with Crippen molar-refractivity contribution in [1.29, 1.82) is 0 Å². The van der Waals surface area contributed by atoms with E-state index in [0.717, 1.165) is 0 Å². The summed E-state index contributed by atoms with van der Waals surface area (Å²) in [7, 11) is 0. The van der Waals surface area contributed by atoms with Gasteiger partial charge in [-0.2, -0.15) is 0 Å². The number of fused-ring (bicyclic) bond motifs is 2. The Bertz CT molecular complexity index is 1500. The van der Waals surface area contributed by atoms with Crippen LogP contribution in [0.4, 0.5) is 5.82 Å². The van der Waals surface area contributed by atoms with E-state index in [9.17, 15) is 9.90 Å². The van der Waals surface area contributed by atoms with Gasteiger partial charge in [0.05, 0.1) is 17.6 Å². The summed E-state index contributed by atoms with van der Waals surface area (Å²) in [6.45, 7) is 0. The van der Waals surface area contributed by atoms with Crippen molar-refractivity contribution in [2.45, 2.75) is 0 Å². The van der Waals surface area contributed by atoms with Gasteiger partial charge in [-0.3, -0.25) is 4.79 Å². The van der Waals surface area contributed by atoms with Crippen LogP contribution in [0.1, 0.15) is 5.56 Å². The van der Waals surface area contributed by atoms with E-state index in [-0.39, 0.29) is 11.4 Å². The summed E-state index contributed by atoms with van der Waals surface area (Å²) in [6.07, 6.45) is 4.34. The first kappa shape index (κ1) is 18.0. The lowest BCUT2D eigenvalue weighted by molar-refractivity contribution is 0.436. The largest absolute Gasteiger partial charge is 0.494 e. The number of aromatic hydroxyl groups is 1. The molecule has 2 N–H and O–H groups in total. The molecule has 0 aliphatic carbocycles. The van der Waals surface area contributed by atoms with Crippen molar-refractivity contribution >= 4 is 45.6 Å². The van der Waals surface area contributed by atoms with Crippen LogP contribution >= 0.6 is 11.6 Å². The summed E-state index contributed by atoms with van der Waals surface area (Å²) < 4.78 is 1.21. The van der Waals surface area contributed by atoms with E-state index in [2.05, 4.69) is 24.9 Å². The quantitative estimate of drug-likeness (QED) is 0.435. The molecule has 0 fully saturated rings. The third-order valence-corrected chi connectivity index (χ3v) is 4.92. The van der Waals surface area contributed by atoms with Crippen molar-refractivity contribution in [1.82, 2.24) is 24.5 Å². The lowest BCUT2D eigenvalue weighted by Crippen LogP contribution is -2.20. The average Bonchev–Trinajstić information content (AvgIpc) is 3.23. The molecule has 0 atom stereocenters. The lowest BCUT2D eigenvalue weighted by Gasteiger charge is -2.13. The molecule has 5 rings (SSSR count). The maximum absolute atomic E-state index is 13.1. The summed E-state index contributed by atoms with van der Waals surface area (Å²) in [5, 5.41) is 12.5. The number of pyridine rings is 1. The molecule has 0 amide bonds. The van der Waals surface area contributed by atoms with Gasteiger partial charge in [0.1, 0.15) is 11.8 Å². The second-order valence-corrected chi connectivity index (χ2v) is 6.90. The Kier molecular flexibility index (Phi) is 4.26. The van der Waals surface area contributed by atoms with Crippen LogP contribution in [0.2, 0.25) is 5.02 Å². The number of aromatic amines is 1. The van der Waals surface area contributed by atoms with Crippen LogP contribution in [0.5, 0.6) is 5.88 Å². The fraction of sp³-hybridized carbons (Fsp3) is 0. The minimum atomic E-state index is -0.361. The molecule has 0 bridgehead atoms. The highest BCUT2D eigenvalue weighted by Gasteiger charge is 2.16. The van der Waals surface area contributed by atoms with Crippen LogP contribution in [-0.4, -0.2) is 35.8 Å². The van der Waals surface area contributed by atoms with Crippen LogP contribution in [-0.2, 0) is 0 Å². The molecule has 0 saturated carbocycles. The molecule has 3 aromatic heterocycles. The molecule has 9 heteroatoms. The molecule has 0 unspecified atom stereocenters. The van der Waals surface area contributed by atoms with Crippen LogP contribution in [0.15, 0.2) is 71.0 Å². The molecular formula is C21H13ClN6O2. The van der Waals surface area contributed by atoms with Gasteiger partial charge >= 0.3 is 0 Å². The van der Waals surface area contributed by atoms with E-state index in [1.807, 2.05) is 0 Å². The van der Waals surface area contributed by atoms with Gasteiger partial charge in [0.15, 0.2) is 11.5 Å². The maximum atomic E-state index is 13.1. The number of H-pyrrole nitrogens is 1. The second-order valence-electron chi connectivity index (χ2n) is 6.46. The number of nitrogens with one attached hydrogen (secondary N) is 1. The number of benzene rings is 2. The fourth-order valence-electron chi connectivity index (χ4n) is 3.32. The standard InChI is InChI=1S/C21H13ClN6O2/c22-12-4-3-5-13(8-12)28-20(29)15-7-2-1-6-14(15)16(21(28)30)9-23-18-17-19(25-10-24-17)27-11-26-18/h1-11,30H,(H,24,25,26,27). The fourth-order valence-corrected chi connectivity index (χ4v) is 3.50. The molecule has 30 heavy (non-hydrogen) atoms. The molecule has 0 aliphatic heterocycles. The van der Waals surface area contributed by atoms with Gasteiger partial charge in [-0.15, -0.1) is 0 Å². The Labute approximate surface area is 174 Å². The minimum absolute atomic E-state index is 0.250. The Hall–Kier alpha value is -4.04. The third-order valence-electron chi connectivity index (χ3n) is 4.69. The van der Waals surface area contributed by atoms with Crippen LogP contribution in [0.25, 0.3) is 27.6 Å². The number of halogens is 1. The molecule has 3 heterocycles. The van der Waals surface area contributed by atoms with Gasteiger partial charge in [-0.25, -0.2) is 24.5 Å². The summed E-state index contributed by atoms with van der Waals surface area (Å²) in [5.41, 5.74) is 1.51. The maximum Gasteiger partial charge on any atom is 0.265 e. The zero-order valence-electron chi connectivity index (χ0n) is 15.3. The number of rotatable bonds is 3. The first-order valence-corrected chi connectivity index (χ1v) is 9.32. The van der Waals surface area contributed by atoms with Crippen molar-refractivity contribution in [3.8, 4) is 11.6 Å². The molecule has 5 aromatic rings. The number of nitrogens with zero attached hydrogens (tertiary/aromatic N) is 5. The molecule has 2 aromatic carbocycles. The van der Waals surface area contributed by atoms with Crippen LogP contribution < -0.4 is 5.56 Å². The van der Waals surface area contributed by atoms with Gasteiger partial charge in [0, 0.05) is 22.0 Å². The van der Waals surface area contributed by atoms with Gasteiger partial charge < -0.3 is 10.1 Å². The highest BCUT2D eigenvalue weighted by molar-refractivity contribution is 6.30. The second kappa shape index (κ2) is 7.09.